The summed E-state index contributed by atoms with van der Waals surface area (Å²) >= 11 is 5.12. The fraction of sp³-hybridized carbons (Fsp3) is 0.438. The van der Waals surface area contributed by atoms with Crippen molar-refractivity contribution < 1.29 is 14.3 Å². The predicted octanol–water partition coefficient (Wildman–Crippen LogP) is 2.07. The average Bonchev–Trinajstić information content (AvgIpc) is 2.53. The molecule has 3 N–H and O–H groups in total. The summed E-state index contributed by atoms with van der Waals surface area (Å²) in [5, 5.41) is 8.44. The second-order valence-electron chi connectivity index (χ2n) is 4.90. The number of ether oxygens (including phenoxy) is 1. The minimum absolute atomic E-state index is 0.133. The quantitative estimate of drug-likeness (QED) is 0.500. The summed E-state index contributed by atoms with van der Waals surface area (Å²) < 4.78 is 4.90. The van der Waals surface area contributed by atoms with E-state index < -0.39 is 0 Å². The molecule has 0 fully saturated rings. The van der Waals surface area contributed by atoms with Crippen LogP contribution in [-0.4, -0.2) is 37.2 Å². The van der Waals surface area contributed by atoms with Gasteiger partial charge in [-0.15, -0.1) is 0 Å². The lowest BCUT2D eigenvalue weighted by Crippen LogP contribution is -2.35. The Morgan fingerprint density at radius 2 is 2.00 bits per heavy atom. The lowest BCUT2D eigenvalue weighted by Gasteiger charge is -2.13. The Kier molecular flexibility index (Phi) is 8.86. The Morgan fingerprint density at radius 1 is 1.26 bits per heavy atom. The van der Waals surface area contributed by atoms with Gasteiger partial charge in [0.05, 0.1) is 17.9 Å². The normalized spacial score (nSPS) is 10.0. The number of para-hydroxylation sites is 1. The van der Waals surface area contributed by atoms with E-state index in [4.69, 9.17) is 17.0 Å². The molecule has 23 heavy (non-hydrogen) atoms. The van der Waals surface area contributed by atoms with Gasteiger partial charge in [0.1, 0.15) is 0 Å². The van der Waals surface area contributed by atoms with E-state index in [9.17, 15) is 9.59 Å². The molecule has 0 bridgehead atoms. The van der Waals surface area contributed by atoms with Gasteiger partial charge in [0.25, 0.3) is 5.91 Å². The van der Waals surface area contributed by atoms with Gasteiger partial charge in [0.2, 0.25) is 5.91 Å². The van der Waals surface area contributed by atoms with E-state index in [0.29, 0.717) is 30.8 Å². The third-order valence-electron chi connectivity index (χ3n) is 3.02. The number of carbonyl (C=O) groups excluding carboxylic acids is 2. The number of hydrogen-bond donors (Lipinski definition) is 3. The highest BCUT2D eigenvalue weighted by Crippen LogP contribution is 2.14. The third-order valence-corrected chi connectivity index (χ3v) is 3.23. The van der Waals surface area contributed by atoms with E-state index in [2.05, 4.69) is 16.0 Å². The summed E-state index contributed by atoms with van der Waals surface area (Å²) in [5.41, 5.74) is 0.997. The SMILES string of the molecule is CCCCC(=O)NC(=S)Nc1ccccc1C(=O)NCCOC. The lowest BCUT2D eigenvalue weighted by molar-refractivity contribution is -0.119. The molecule has 0 atom stereocenters. The number of hydrogen-bond acceptors (Lipinski definition) is 4. The van der Waals surface area contributed by atoms with Crippen molar-refractivity contribution in [3.05, 3.63) is 29.8 Å². The number of nitrogens with one attached hydrogen (secondary N) is 3. The van der Waals surface area contributed by atoms with Gasteiger partial charge in [-0.25, -0.2) is 0 Å². The Labute approximate surface area is 142 Å². The zero-order valence-corrected chi connectivity index (χ0v) is 14.3. The van der Waals surface area contributed by atoms with Crippen molar-refractivity contribution in [1.82, 2.24) is 10.6 Å². The highest BCUT2D eigenvalue weighted by atomic mass is 32.1. The number of rotatable bonds is 8. The fourth-order valence-electron chi connectivity index (χ4n) is 1.83. The number of amides is 2. The van der Waals surface area contributed by atoms with Crippen LogP contribution in [0.1, 0.15) is 36.5 Å². The van der Waals surface area contributed by atoms with Crippen LogP contribution in [0.3, 0.4) is 0 Å². The zero-order valence-electron chi connectivity index (χ0n) is 13.5. The first kappa shape index (κ1) is 19.1. The summed E-state index contributed by atoms with van der Waals surface area (Å²) in [4.78, 5) is 23.8. The van der Waals surface area contributed by atoms with Gasteiger partial charge in [-0.2, -0.15) is 0 Å². The number of methoxy groups -OCH3 is 1. The van der Waals surface area contributed by atoms with Gasteiger partial charge in [0.15, 0.2) is 5.11 Å². The van der Waals surface area contributed by atoms with Crippen LogP contribution in [0.4, 0.5) is 5.69 Å². The minimum atomic E-state index is -0.231. The van der Waals surface area contributed by atoms with Crippen LogP contribution in [0.2, 0.25) is 0 Å². The molecule has 2 amide bonds. The number of unbranched alkanes of at least 4 members (excludes halogenated alkanes) is 1. The predicted molar refractivity (Wildman–Crippen MR) is 94.5 cm³/mol. The molecule has 0 saturated carbocycles. The monoisotopic (exact) mass is 337 g/mol. The summed E-state index contributed by atoms with van der Waals surface area (Å²) in [6, 6.07) is 6.97. The first-order valence-electron chi connectivity index (χ1n) is 7.55. The third kappa shape index (κ3) is 7.21. The Bertz CT molecular complexity index is 549. The van der Waals surface area contributed by atoms with Gasteiger partial charge < -0.3 is 20.7 Å². The van der Waals surface area contributed by atoms with E-state index in [1.165, 1.54) is 0 Å². The van der Waals surface area contributed by atoms with Crippen LogP contribution in [0.25, 0.3) is 0 Å². The van der Waals surface area contributed by atoms with Crippen LogP contribution in [0, 0.1) is 0 Å². The maximum Gasteiger partial charge on any atom is 0.253 e. The van der Waals surface area contributed by atoms with Gasteiger partial charge in [-0.05, 0) is 30.8 Å². The molecule has 1 aromatic carbocycles. The maximum atomic E-state index is 12.1. The molecule has 0 heterocycles. The van der Waals surface area contributed by atoms with Crippen LogP contribution >= 0.6 is 12.2 Å². The van der Waals surface area contributed by atoms with Crippen molar-refractivity contribution in [3.63, 3.8) is 0 Å². The molecular weight excluding hydrogens is 314 g/mol. The summed E-state index contributed by atoms with van der Waals surface area (Å²) in [5.74, 6) is -0.364. The molecule has 1 rings (SSSR count). The molecule has 6 nitrogen and oxygen atoms in total. The van der Waals surface area contributed by atoms with Crippen LogP contribution in [-0.2, 0) is 9.53 Å². The van der Waals surface area contributed by atoms with E-state index in [1.807, 2.05) is 6.92 Å². The van der Waals surface area contributed by atoms with Crippen molar-refractivity contribution in [3.8, 4) is 0 Å². The van der Waals surface area contributed by atoms with Crippen molar-refractivity contribution in [1.29, 1.82) is 0 Å². The number of benzene rings is 1. The number of thiocarbonyl (C=S) groups is 1. The molecule has 0 aliphatic carbocycles. The van der Waals surface area contributed by atoms with Crippen LogP contribution < -0.4 is 16.0 Å². The molecule has 0 radical (unpaired) electrons. The molecule has 7 heteroatoms. The van der Waals surface area contributed by atoms with E-state index in [0.717, 1.165) is 12.8 Å². The molecule has 0 aliphatic heterocycles. The van der Waals surface area contributed by atoms with Crippen LogP contribution in [0.15, 0.2) is 24.3 Å². The first-order chi connectivity index (χ1) is 11.1. The zero-order chi connectivity index (χ0) is 17.1. The fourth-order valence-corrected chi connectivity index (χ4v) is 2.06. The Balaban J connectivity index is 2.64. The molecule has 0 aliphatic rings. The van der Waals surface area contributed by atoms with Gasteiger partial charge in [-0.1, -0.05) is 25.5 Å². The second kappa shape index (κ2) is 10.7. The smallest absolute Gasteiger partial charge is 0.253 e. The number of carbonyl (C=O) groups is 2. The van der Waals surface area contributed by atoms with Crippen molar-refractivity contribution >= 4 is 34.8 Å². The van der Waals surface area contributed by atoms with E-state index in [1.54, 1.807) is 31.4 Å². The van der Waals surface area contributed by atoms with Crippen molar-refractivity contribution in [2.45, 2.75) is 26.2 Å². The van der Waals surface area contributed by atoms with Crippen molar-refractivity contribution in [2.24, 2.45) is 0 Å². The molecule has 126 valence electrons. The number of anilines is 1. The summed E-state index contributed by atoms with van der Waals surface area (Å²) in [6.45, 7) is 2.87. The molecular formula is C16H23N3O3S. The molecule has 0 spiro atoms. The van der Waals surface area contributed by atoms with E-state index in [-0.39, 0.29) is 16.9 Å². The largest absolute Gasteiger partial charge is 0.383 e. The van der Waals surface area contributed by atoms with Gasteiger partial charge in [0, 0.05) is 20.1 Å². The first-order valence-corrected chi connectivity index (χ1v) is 7.96. The van der Waals surface area contributed by atoms with Crippen molar-refractivity contribution in [2.75, 3.05) is 25.6 Å². The molecule has 0 saturated heterocycles. The maximum absolute atomic E-state index is 12.1. The Hall–Kier alpha value is -1.99. The molecule has 0 unspecified atom stereocenters. The van der Waals surface area contributed by atoms with Gasteiger partial charge >= 0.3 is 0 Å². The standard InChI is InChI=1S/C16H23N3O3S/c1-3-4-9-14(20)19-16(23)18-13-8-6-5-7-12(13)15(21)17-10-11-22-2/h5-8H,3-4,9-11H2,1-2H3,(H,17,21)(H2,18,19,20,23). The summed E-state index contributed by atoms with van der Waals surface area (Å²) in [7, 11) is 1.57. The summed E-state index contributed by atoms with van der Waals surface area (Å²) in [6.07, 6.45) is 2.18. The van der Waals surface area contributed by atoms with E-state index >= 15 is 0 Å². The average molecular weight is 337 g/mol. The highest BCUT2D eigenvalue weighted by molar-refractivity contribution is 7.80. The molecule has 0 aromatic heterocycles. The lowest BCUT2D eigenvalue weighted by atomic mass is 10.1. The Morgan fingerprint density at radius 3 is 2.70 bits per heavy atom. The molecule has 1 aromatic rings. The topological polar surface area (TPSA) is 79.5 Å². The second-order valence-corrected chi connectivity index (χ2v) is 5.31. The minimum Gasteiger partial charge on any atom is -0.383 e. The highest BCUT2D eigenvalue weighted by Gasteiger charge is 2.12. The van der Waals surface area contributed by atoms with Gasteiger partial charge in [-0.3, -0.25) is 9.59 Å². The van der Waals surface area contributed by atoms with Crippen LogP contribution in [0.5, 0.6) is 0 Å².